The predicted octanol–water partition coefficient (Wildman–Crippen LogP) is 1.28. The molecule has 2 fully saturated rings. The Bertz CT molecular complexity index is 1140. The van der Waals surface area contributed by atoms with E-state index in [1.165, 1.54) is 16.8 Å². The second kappa shape index (κ2) is 8.36. The van der Waals surface area contributed by atoms with E-state index in [2.05, 4.69) is 10.4 Å². The molecule has 11 heteroatoms. The van der Waals surface area contributed by atoms with E-state index in [-0.39, 0.29) is 42.8 Å². The molecule has 0 aromatic carbocycles. The Morgan fingerprint density at radius 3 is 2.53 bits per heavy atom. The lowest BCUT2D eigenvalue weighted by molar-refractivity contribution is -0.125. The van der Waals surface area contributed by atoms with E-state index >= 15 is 0 Å². The van der Waals surface area contributed by atoms with Gasteiger partial charge in [0.2, 0.25) is 11.8 Å². The summed E-state index contributed by atoms with van der Waals surface area (Å²) in [5.41, 5.74) is -0.615. The van der Waals surface area contributed by atoms with Gasteiger partial charge in [-0.2, -0.15) is 9.61 Å². The van der Waals surface area contributed by atoms with Crippen molar-refractivity contribution < 1.29 is 23.5 Å². The first-order valence-corrected chi connectivity index (χ1v) is 10.6. The maximum Gasteiger partial charge on any atom is 0.291 e. The zero-order valence-corrected chi connectivity index (χ0v) is 17.8. The van der Waals surface area contributed by atoms with Crippen molar-refractivity contribution in [2.45, 2.75) is 51.6 Å². The highest BCUT2D eigenvalue weighted by atomic mass is 19.2. The minimum atomic E-state index is -1.71. The van der Waals surface area contributed by atoms with E-state index in [1.807, 2.05) is 13.8 Å². The molecule has 1 saturated heterocycles. The van der Waals surface area contributed by atoms with Crippen LogP contribution >= 0.6 is 0 Å². The van der Waals surface area contributed by atoms with Crippen LogP contribution in [-0.2, 0) is 11.3 Å². The van der Waals surface area contributed by atoms with Crippen molar-refractivity contribution in [2.24, 2.45) is 5.92 Å². The monoisotopic (exact) mass is 449 g/mol. The van der Waals surface area contributed by atoms with Crippen LogP contribution < -0.4 is 10.9 Å². The van der Waals surface area contributed by atoms with Gasteiger partial charge in [-0.15, -0.1) is 0 Å². The predicted molar refractivity (Wildman–Crippen MR) is 112 cm³/mol. The average molecular weight is 449 g/mol. The number of fused-ring (bicyclic) bond motifs is 1. The summed E-state index contributed by atoms with van der Waals surface area (Å²) in [6.45, 7) is 3.44. The van der Waals surface area contributed by atoms with Crippen molar-refractivity contribution in [2.75, 3.05) is 13.1 Å². The molecule has 2 N–H and O–H groups in total. The number of amides is 2. The smallest absolute Gasteiger partial charge is 0.291 e. The Hall–Kier alpha value is -3.24. The van der Waals surface area contributed by atoms with Crippen molar-refractivity contribution in [3.05, 3.63) is 33.8 Å². The third kappa shape index (κ3) is 4.11. The van der Waals surface area contributed by atoms with Crippen LogP contribution in [-0.4, -0.2) is 67.5 Å². The number of rotatable bonds is 6. The van der Waals surface area contributed by atoms with Gasteiger partial charge in [0, 0.05) is 24.2 Å². The number of nitrogens with zero attached hydrogens (tertiary/aromatic N) is 4. The van der Waals surface area contributed by atoms with Crippen LogP contribution in [0.15, 0.2) is 17.1 Å². The summed E-state index contributed by atoms with van der Waals surface area (Å²) in [6, 6.07) is -0.00361. The summed E-state index contributed by atoms with van der Waals surface area (Å²) in [4.78, 5) is 38.9. The van der Waals surface area contributed by atoms with E-state index in [9.17, 15) is 28.3 Å². The first-order valence-electron chi connectivity index (χ1n) is 10.6. The Balaban J connectivity index is 1.74. The number of carbonyl (C=O) groups is 2. The Kier molecular flexibility index (Phi) is 5.74. The van der Waals surface area contributed by atoms with Crippen LogP contribution in [0, 0.1) is 5.92 Å². The lowest BCUT2D eigenvalue weighted by Crippen LogP contribution is -2.34. The molecule has 1 saturated carbocycles. The average Bonchev–Trinajstić information content (AvgIpc) is 3.32. The Labute approximate surface area is 182 Å². The highest BCUT2D eigenvalue weighted by Gasteiger charge is 2.35. The lowest BCUT2D eigenvalue weighted by Gasteiger charge is -2.17. The van der Waals surface area contributed by atoms with Crippen LogP contribution in [0.25, 0.3) is 11.7 Å². The molecule has 172 valence electrons. The van der Waals surface area contributed by atoms with E-state index in [1.54, 1.807) is 0 Å². The van der Waals surface area contributed by atoms with E-state index in [0.717, 1.165) is 28.3 Å². The molecular weight excluding hydrogens is 424 g/mol. The summed E-state index contributed by atoms with van der Waals surface area (Å²) in [6.07, 6.45) is 2.08. The second-order valence-corrected chi connectivity index (χ2v) is 8.70. The van der Waals surface area contributed by atoms with Gasteiger partial charge in [-0.1, -0.05) is 13.8 Å². The molecule has 32 heavy (non-hydrogen) atoms. The largest absolute Gasteiger partial charge is 0.494 e. The highest BCUT2D eigenvalue weighted by Crippen LogP contribution is 2.25. The van der Waals surface area contributed by atoms with Gasteiger partial charge in [0.15, 0.2) is 17.9 Å². The summed E-state index contributed by atoms with van der Waals surface area (Å²) < 4.78 is 29.2. The lowest BCUT2D eigenvalue weighted by atomic mass is 10.2. The van der Waals surface area contributed by atoms with Gasteiger partial charge < -0.3 is 15.3 Å². The molecule has 0 radical (unpaired) electrons. The molecule has 2 aromatic rings. The number of aromatic nitrogens is 3. The molecular formula is C21H25F2N5O4. The third-order valence-electron chi connectivity index (χ3n) is 5.50. The number of hydrogen-bond donors (Lipinski definition) is 2. The van der Waals surface area contributed by atoms with Gasteiger partial charge in [-0.25, -0.2) is 8.78 Å². The quantitative estimate of drug-likeness (QED) is 0.646. The number of likely N-dealkylation sites (tertiary alicyclic amines) is 1. The maximum absolute atomic E-state index is 13.4. The van der Waals surface area contributed by atoms with E-state index in [4.69, 9.17) is 0 Å². The number of aromatic hydroxyl groups is 1. The number of alkyl halides is 2. The summed E-state index contributed by atoms with van der Waals surface area (Å²) in [7, 11) is 0. The van der Waals surface area contributed by atoms with Gasteiger partial charge in [-0.3, -0.25) is 19.0 Å². The summed E-state index contributed by atoms with van der Waals surface area (Å²) in [5, 5.41) is 17.6. The zero-order chi connectivity index (χ0) is 23.2. The molecule has 9 nitrogen and oxygen atoms in total. The Morgan fingerprint density at radius 2 is 1.94 bits per heavy atom. The van der Waals surface area contributed by atoms with Crippen LogP contribution in [0.4, 0.5) is 8.78 Å². The molecule has 2 atom stereocenters. The molecule has 0 bridgehead atoms. The molecule has 0 spiro atoms. The number of hydrogen-bond acceptors (Lipinski definition) is 5. The number of halogens is 2. The van der Waals surface area contributed by atoms with Crippen LogP contribution in [0.3, 0.4) is 0 Å². The molecule has 1 aliphatic heterocycles. The molecule has 2 amide bonds. The summed E-state index contributed by atoms with van der Waals surface area (Å²) in [5.74, 6) is -1.66. The van der Waals surface area contributed by atoms with Gasteiger partial charge in [0.1, 0.15) is 5.65 Å². The number of carbonyl (C=O) groups excluding carboxylic acids is 2. The molecule has 1 aliphatic carbocycles. The molecule has 2 aromatic heterocycles. The van der Waals surface area contributed by atoms with Crippen molar-refractivity contribution >= 4 is 23.5 Å². The summed E-state index contributed by atoms with van der Waals surface area (Å²) >= 11 is 0. The topological polar surface area (TPSA) is 109 Å². The van der Waals surface area contributed by atoms with E-state index in [0.29, 0.717) is 5.56 Å². The van der Waals surface area contributed by atoms with Crippen molar-refractivity contribution in [3.8, 4) is 5.88 Å². The van der Waals surface area contributed by atoms with Gasteiger partial charge in [0.25, 0.3) is 11.5 Å². The maximum atomic E-state index is 13.4. The van der Waals surface area contributed by atoms with Gasteiger partial charge in [-0.05, 0) is 24.8 Å². The highest BCUT2D eigenvalue weighted by molar-refractivity contribution is 5.97. The van der Waals surface area contributed by atoms with Crippen molar-refractivity contribution in [1.82, 2.24) is 24.4 Å². The Morgan fingerprint density at radius 1 is 1.28 bits per heavy atom. The van der Waals surface area contributed by atoms with E-state index < -0.39 is 35.6 Å². The van der Waals surface area contributed by atoms with Crippen molar-refractivity contribution in [1.29, 1.82) is 0 Å². The zero-order valence-electron chi connectivity index (χ0n) is 17.8. The minimum absolute atomic E-state index is 0.00361. The van der Waals surface area contributed by atoms with Gasteiger partial charge >= 0.3 is 0 Å². The fourth-order valence-electron chi connectivity index (χ4n) is 3.72. The van der Waals surface area contributed by atoms with Crippen molar-refractivity contribution in [3.63, 3.8) is 0 Å². The SMILES string of the molecule is CC(C)Cn1c(O)c(C(=O)NC2CC2)c(=O)n2ncc(/C=C/C(=O)N3C[C@@H](F)[C@@H](F)C3)c12. The van der Waals surface area contributed by atoms with Crippen LogP contribution in [0.2, 0.25) is 0 Å². The van der Waals surface area contributed by atoms with Crippen LogP contribution in [0.1, 0.15) is 42.6 Å². The fourth-order valence-corrected chi connectivity index (χ4v) is 3.72. The fraction of sp³-hybridized carbons (Fsp3) is 0.524. The molecule has 0 unspecified atom stereocenters. The third-order valence-corrected chi connectivity index (χ3v) is 5.50. The first kappa shape index (κ1) is 22.0. The normalized spacial score (nSPS) is 21.2. The van der Waals surface area contributed by atoms with Gasteiger partial charge in [0.05, 0.1) is 19.3 Å². The van der Waals surface area contributed by atoms with Crippen LogP contribution in [0.5, 0.6) is 5.88 Å². The molecule has 3 heterocycles. The standard InChI is InChI=1S/C21H25F2N5O4/c1-11(2)8-27-19-12(3-6-16(29)26-9-14(22)15(23)10-26)7-24-28(19)21(32)17(20(27)31)18(30)25-13-4-5-13/h3,6-7,11,13-15,31H,4-5,8-10H2,1-2H3,(H,25,30)/b6-3+/t14-,15+. The molecule has 2 aliphatic rings. The number of nitrogens with one attached hydrogen (secondary N) is 1. The second-order valence-electron chi connectivity index (χ2n) is 8.70. The minimum Gasteiger partial charge on any atom is -0.494 e. The molecule has 4 rings (SSSR count). The first-order chi connectivity index (χ1) is 15.2.